The van der Waals surface area contributed by atoms with Gasteiger partial charge in [0.15, 0.2) is 10.8 Å². The Bertz CT molecular complexity index is 1170. The maximum absolute atomic E-state index is 13.9. The molecule has 1 unspecified atom stereocenters. The summed E-state index contributed by atoms with van der Waals surface area (Å²) in [5.74, 6) is -1.29. The molecule has 1 aromatic carbocycles. The molecule has 0 amide bonds. The summed E-state index contributed by atoms with van der Waals surface area (Å²) < 4.78 is 25.5. The van der Waals surface area contributed by atoms with Gasteiger partial charge in [0.25, 0.3) is 0 Å². The number of amidine groups is 1. The third kappa shape index (κ3) is 6.36. The van der Waals surface area contributed by atoms with Crippen molar-refractivity contribution in [3.63, 3.8) is 0 Å². The number of aliphatic imine (C=N–C) groups is 1. The third-order valence-electron chi connectivity index (χ3n) is 5.80. The van der Waals surface area contributed by atoms with Gasteiger partial charge in [0, 0.05) is 47.8 Å². The minimum absolute atomic E-state index is 0.0229. The number of halogens is 2. The van der Waals surface area contributed by atoms with E-state index in [0.717, 1.165) is 0 Å². The minimum atomic E-state index is -0.867. The van der Waals surface area contributed by atoms with Gasteiger partial charge in [0.2, 0.25) is 0 Å². The Balaban J connectivity index is 1.71. The van der Waals surface area contributed by atoms with E-state index in [1.165, 1.54) is 23.5 Å². The molecule has 9 nitrogen and oxygen atoms in total. The molecule has 2 aliphatic heterocycles. The lowest BCUT2D eigenvalue weighted by Crippen LogP contribution is -2.46. The van der Waals surface area contributed by atoms with E-state index in [9.17, 15) is 14.0 Å². The van der Waals surface area contributed by atoms with Crippen LogP contribution in [0.4, 0.5) is 4.39 Å². The molecule has 1 saturated heterocycles. The quantitative estimate of drug-likeness (QED) is 0.433. The molecule has 2 aliphatic rings. The molecule has 192 valence electrons. The van der Waals surface area contributed by atoms with Crippen LogP contribution in [0.2, 0.25) is 0 Å². The molecule has 36 heavy (non-hydrogen) atoms. The molecule has 1 fully saturated rings. The zero-order chi connectivity index (χ0) is 25.7. The summed E-state index contributed by atoms with van der Waals surface area (Å²) in [4.78, 5) is 35.5. The van der Waals surface area contributed by atoms with Crippen LogP contribution >= 0.6 is 27.3 Å². The Kier molecular flexibility index (Phi) is 8.83. The molecule has 2 N–H and O–H groups in total. The third-order valence-corrected chi connectivity index (χ3v) is 7.26. The Morgan fingerprint density at radius 1 is 1.42 bits per heavy atom. The first-order valence-electron chi connectivity index (χ1n) is 11.5. The number of carbonyl (C=O) groups excluding carboxylic acids is 1. The Morgan fingerprint density at radius 2 is 2.25 bits per heavy atom. The number of benzene rings is 1. The van der Waals surface area contributed by atoms with Crippen molar-refractivity contribution in [2.45, 2.75) is 31.9 Å². The maximum atomic E-state index is 13.9. The number of ether oxygens (including phenoxy) is 2. The van der Waals surface area contributed by atoms with Gasteiger partial charge >= 0.3 is 11.9 Å². The van der Waals surface area contributed by atoms with Crippen molar-refractivity contribution in [1.29, 1.82) is 0 Å². The number of hydrogen-bond acceptors (Lipinski definition) is 9. The number of carboxylic acid groups (broad SMARTS) is 1. The number of carbonyl (C=O) groups is 2. The summed E-state index contributed by atoms with van der Waals surface area (Å²) in [5.41, 5.74) is 1.56. The Morgan fingerprint density at radius 3 is 2.94 bits per heavy atom. The van der Waals surface area contributed by atoms with E-state index in [2.05, 4.69) is 31.1 Å². The summed E-state index contributed by atoms with van der Waals surface area (Å²) >= 11 is 4.84. The van der Waals surface area contributed by atoms with Crippen LogP contribution in [0.15, 0.2) is 50.5 Å². The lowest BCUT2D eigenvalue weighted by Gasteiger charge is -2.35. The zero-order valence-corrected chi connectivity index (χ0v) is 22.0. The molecule has 0 radical (unpaired) electrons. The van der Waals surface area contributed by atoms with Crippen molar-refractivity contribution < 1.29 is 28.6 Å². The van der Waals surface area contributed by atoms with Crippen molar-refractivity contribution in [3.05, 3.63) is 61.9 Å². The fourth-order valence-corrected chi connectivity index (χ4v) is 5.33. The number of hydrogen-bond donors (Lipinski definition) is 2. The highest BCUT2D eigenvalue weighted by Crippen LogP contribution is 2.37. The normalized spacial score (nSPS) is 20.6. The van der Waals surface area contributed by atoms with Crippen LogP contribution < -0.4 is 5.32 Å². The predicted molar refractivity (Wildman–Crippen MR) is 135 cm³/mol. The van der Waals surface area contributed by atoms with Crippen LogP contribution in [0.3, 0.4) is 0 Å². The van der Waals surface area contributed by atoms with Gasteiger partial charge in [-0.25, -0.2) is 14.2 Å². The number of aromatic nitrogens is 1. The van der Waals surface area contributed by atoms with Gasteiger partial charge in [0.05, 0.1) is 24.9 Å². The van der Waals surface area contributed by atoms with E-state index >= 15 is 0 Å². The summed E-state index contributed by atoms with van der Waals surface area (Å²) in [7, 11) is 0. The fourth-order valence-electron chi connectivity index (χ4n) is 4.17. The van der Waals surface area contributed by atoms with E-state index in [4.69, 9.17) is 19.6 Å². The topological polar surface area (TPSA) is 113 Å². The minimum Gasteiger partial charge on any atom is -0.481 e. The number of carboxylic acids is 1. The number of esters is 1. The summed E-state index contributed by atoms with van der Waals surface area (Å²) in [6, 6.07) is 3.52. The van der Waals surface area contributed by atoms with Crippen molar-refractivity contribution in [2.24, 2.45) is 4.99 Å². The number of rotatable bonds is 9. The average Bonchev–Trinajstić information content (AvgIpc) is 3.38. The average molecular weight is 581 g/mol. The van der Waals surface area contributed by atoms with Crippen LogP contribution in [0, 0.1) is 5.82 Å². The zero-order valence-electron chi connectivity index (χ0n) is 19.6. The molecule has 0 bridgehead atoms. The lowest BCUT2D eigenvalue weighted by atomic mass is 9.95. The molecule has 12 heteroatoms. The van der Waals surface area contributed by atoms with Crippen molar-refractivity contribution >= 4 is 45.0 Å². The van der Waals surface area contributed by atoms with Gasteiger partial charge < -0.3 is 19.9 Å². The van der Waals surface area contributed by atoms with Gasteiger partial charge in [-0.2, -0.15) is 0 Å². The number of nitrogens with one attached hydrogen (secondary N) is 1. The molecule has 3 heterocycles. The van der Waals surface area contributed by atoms with Crippen molar-refractivity contribution in [2.75, 3.05) is 32.8 Å². The Labute approximate surface area is 220 Å². The van der Waals surface area contributed by atoms with Gasteiger partial charge in [-0.1, -0.05) is 22.0 Å². The highest BCUT2D eigenvalue weighted by molar-refractivity contribution is 9.10. The molecular weight excluding hydrogens is 555 g/mol. The van der Waals surface area contributed by atoms with Gasteiger partial charge in [0.1, 0.15) is 11.9 Å². The van der Waals surface area contributed by atoms with Gasteiger partial charge in [-0.15, -0.1) is 11.3 Å². The van der Waals surface area contributed by atoms with Crippen molar-refractivity contribution in [3.8, 4) is 0 Å². The first kappa shape index (κ1) is 26.4. The fraction of sp³-hybridized carbons (Fsp3) is 0.417. The molecule has 1 aromatic heterocycles. The monoisotopic (exact) mass is 580 g/mol. The molecule has 2 aromatic rings. The molecule has 4 rings (SSSR count). The summed E-state index contributed by atoms with van der Waals surface area (Å²) in [5, 5.41) is 14.8. The second-order valence-corrected chi connectivity index (χ2v) is 10.0. The number of nitrogens with zero attached hydrogens (tertiary/aromatic N) is 3. The second-order valence-electron chi connectivity index (χ2n) is 8.28. The van der Waals surface area contributed by atoms with Crippen LogP contribution in [-0.4, -0.2) is 71.7 Å². The lowest BCUT2D eigenvalue weighted by molar-refractivity contribution is -0.139. The highest BCUT2D eigenvalue weighted by Gasteiger charge is 2.35. The van der Waals surface area contributed by atoms with E-state index in [1.807, 2.05) is 5.38 Å². The van der Waals surface area contributed by atoms with E-state index < -0.39 is 23.8 Å². The van der Waals surface area contributed by atoms with Gasteiger partial charge in [-0.3, -0.25) is 14.7 Å². The largest absolute Gasteiger partial charge is 0.481 e. The highest BCUT2D eigenvalue weighted by atomic mass is 79.9. The first-order valence-corrected chi connectivity index (χ1v) is 13.2. The smallest absolute Gasteiger partial charge is 0.338 e. The van der Waals surface area contributed by atoms with Crippen LogP contribution in [0.25, 0.3) is 0 Å². The Hall–Kier alpha value is -2.67. The molecule has 0 aliphatic carbocycles. The number of morpholine rings is 1. The van der Waals surface area contributed by atoms with Crippen molar-refractivity contribution in [1.82, 2.24) is 15.2 Å². The summed E-state index contributed by atoms with van der Waals surface area (Å²) in [6.07, 6.45) is 1.88. The van der Waals surface area contributed by atoms with Crippen LogP contribution in [0.5, 0.6) is 0 Å². The molecule has 0 spiro atoms. The van der Waals surface area contributed by atoms with E-state index in [-0.39, 0.29) is 19.1 Å². The summed E-state index contributed by atoms with van der Waals surface area (Å²) in [6.45, 7) is 3.86. The van der Waals surface area contributed by atoms with Crippen LogP contribution in [-0.2, 0) is 19.1 Å². The maximum Gasteiger partial charge on any atom is 0.338 e. The number of thiazole rings is 1. The van der Waals surface area contributed by atoms with E-state index in [1.54, 1.807) is 19.2 Å². The molecule has 0 saturated carbocycles. The SMILES string of the molecule is CCOC(=O)C1=C(CN2CCOC(CCC(=O)O)C2)NC(c2nccs2)=N[C@@H]1c1ccc(F)cc1Br. The molecular formula is C24H26BrFN4O5S. The molecule has 2 atom stereocenters. The van der Waals surface area contributed by atoms with E-state index in [0.29, 0.717) is 64.8 Å². The van der Waals surface area contributed by atoms with Gasteiger partial charge in [-0.05, 0) is 31.0 Å². The second kappa shape index (κ2) is 12.0. The first-order chi connectivity index (χ1) is 17.4. The predicted octanol–water partition coefficient (Wildman–Crippen LogP) is 3.52. The number of aliphatic carboxylic acids is 1. The standard InChI is InChI=1S/C24H26BrFN4O5S/c1-2-34-24(33)20-18(13-30-8-9-35-15(12-30)4-6-19(31)32)28-22(23-27-7-10-36-23)29-21(20)16-5-3-14(26)11-17(16)25/h3,5,7,10-11,15,21H,2,4,6,8-9,12-13H2,1H3,(H,28,29)(H,31,32)/t15?,21-/m1/s1. The van der Waals surface area contributed by atoms with Crippen LogP contribution in [0.1, 0.15) is 36.4 Å².